The zero-order chi connectivity index (χ0) is 16.7. The van der Waals surface area contributed by atoms with Crippen LogP contribution in [-0.4, -0.2) is 21.1 Å². The maximum Gasteiger partial charge on any atom is 0.259 e. The van der Waals surface area contributed by atoms with E-state index < -0.39 is 0 Å². The first kappa shape index (κ1) is 15.3. The molecule has 2 atom stereocenters. The Morgan fingerprint density at radius 3 is 2.88 bits per heavy atom. The second kappa shape index (κ2) is 5.99. The van der Waals surface area contributed by atoms with E-state index in [9.17, 15) is 14.3 Å². The van der Waals surface area contributed by atoms with E-state index in [2.05, 4.69) is 4.98 Å². The molecule has 5 nitrogen and oxygen atoms in total. The van der Waals surface area contributed by atoms with Crippen LogP contribution in [0.5, 0.6) is 5.75 Å². The highest BCUT2D eigenvalue weighted by Gasteiger charge is 2.39. The fraction of sp³-hybridized carbons (Fsp3) is 0.294. The molecule has 0 amide bonds. The van der Waals surface area contributed by atoms with Gasteiger partial charge in [-0.3, -0.25) is 9.20 Å². The average Bonchev–Trinajstić information content (AvgIpc) is 3.25. The number of halogens is 1. The zero-order valence-corrected chi connectivity index (χ0v) is 13.5. The van der Waals surface area contributed by atoms with Gasteiger partial charge in [-0.05, 0) is 36.6 Å². The van der Waals surface area contributed by atoms with Crippen LogP contribution in [0.25, 0.3) is 4.96 Å². The lowest BCUT2D eigenvalue weighted by Crippen LogP contribution is -2.17. The van der Waals surface area contributed by atoms with Gasteiger partial charge >= 0.3 is 0 Å². The van der Waals surface area contributed by atoms with E-state index in [1.165, 1.54) is 41.7 Å². The second-order valence-electron chi connectivity index (χ2n) is 5.89. The second-order valence-corrected chi connectivity index (χ2v) is 6.73. The van der Waals surface area contributed by atoms with Crippen LogP contribution in [0.1, 0.15) is 23.7 Å². The Hall–Kier alpha value is -2.25. The summed E-state index contributed by atoms with van der Waals surface area (Å²) in [5.74, 6) is 0.683. The molecule has 0 spiro atoms. The van der Waals surface area contributed by atoms with Crippen molar-refractivity contribution in [1.82, 2.24) is 9.38 Å². The van der Waals surface area contributed by atoms with Gasteiger partial charge in [0.05, 0.1) is 5.69 Å². The number of ether oxygens (including phenoxy) is 1. The molecule has 124 valence electrons. The molecule has 1 saturated carbocycles. The fourth-order valence-electron chi connectivity index (χ4n) is 2.82. The molecule has 2 unspecified atom stereocenters. The smallest absolute Gasteiger partial charge is 0.259 e. The van der Waals surface area contributed by atoms with Crippen LogP contribution in [0.2, 0.25) is 0 Å². The van der Waals surface area contributed by atoms with E-state index in [4.69, 9.17) is 4.74 Å². The van der Waals surface area contributed by atoms with Gasteiger partial charge in [-0.15, -0.1) is 11.3 Å². The maximum atomic E-state index is 12.9. The highest BCUT2D eigenvalue weighted by Crippen LogP contribution is 2.47. The third kappa shape index (κ3) is 2.81. The van der Waals surface area contributed by atoms with Crippen LogP contribution in [0, 0.1) is 11.7 Å². The average molecular weight is 346 g/mol. The summed E-state index contributed by atoms with van der Waals surface area (Å²) >= 11 is 1.41. The van der Waals surface area contributed by atoms with Crippen LogP contribution in [0.3, 0.4) is 0 Å². The van der Waals surface area contributed by atoms with E-state index in [1.54, 1.807) is 4.40 Å². The molecule has 0 bridgehead atoms. The van der Waals surface area contributed by atoms with Crippen molar-refractivity contribution in [3.8, 4) is 5.75 Å². The molecule has 1 aliphatic rings. The number of aliphatic hydroxyl groups excluding tert-OH is 1. The van der Waals surface area contributed by atoms with Crippen molar-refractivity contribution in [1.29, 1.82) is 0 Å². The number of rotatable bonds is 5. The first-order valence-corrected chi connectivity index (χ1v) is 8.53. The number of hydrogen-bond acceptors (Lipinski definition) is 5. The van der Waals surface area contributed by atoms with E-state index in [-0.39, 0.29) is 36.4 Å². The van der Waals surface area contributed by atoms with E-state index in [0.29, 0.717) is 16.4 Å². The first-order valence-electron chi connectivity index (χ1n) is 7.65. The molecule has 3 aromatic rings. The van der Waals surface area contributed by atoms with Gasteiger partial charge in [0.2, 0.25) is 0 Å². The van der Waals surface area contributed by atoms with Crippen molar-refractivity contribution >= 4 is 16.3 Å². The fourth-order valence-corrected chi connectivity index (χ4v) is 3.79. The van der Waals surface area contributed by atoms with Crippen molar-refractivity contribution in [2.24, 2.45) is 5.92 Å². The molecule has 7 heteroatoms. The number of aromatic nitrogens is 2. The molecule has 2 aromatic heterocycles. The van der Waals surface area contributed by atoms with Crippen LogP contribution in [0.4, 0.5) is 4.39 Å². The first-order chi connectivity index (χ1) is 11.7. The molecule has 4 rings (SSSR count). The van der Waals surface area contributed by atoms with Gasteiger partial charge in [0.15, 0.2) is 4.96 Å². The van der Waals surface area contributed by atoms with Crippen molar-refractivity contribution in [2.45, 2.75) is 18.9 Å². The molecule has 2 heterocycles. The summed E-state index contributed by atoms with van der Waals surface area (Å²) < 4.78 is 20.0. The molecule has 24 heavy (non-hydrogen) atoms. The maximum absolute atomic E-state index is 12.9. The van der Waals surface area contributed by atoms with Crippen molar-refractivity contribution < 1.29 is 14.2 Å². The zero-order valence-electron chi connectivity index (χ0n) is 12.7. The number of benzene rings is 1. The lowest BCUT2D eigenvalue weighted by atomic mass is 10.2. The van der Waals surface area contributed by atoms with Crippen LogP contribution >= 0.6 is 11.3 Å². The van der Waals surface area contributed by atoms with E-state index in [1.807, 2.05) is 5.38 Å². The Morgan fingerprint density at radius 1 is 1.38 bits per heavy atom. The molecule has 0 radical (unpaired) electrons. The Bertz CT molecular complexity index is 935. The number of fused-ring (bicyclic) bond motifs is 1. The van der Waals surface area contributed by atoms with Gasteiger partial charge in [0, 0.05) is 29.7 Å². The number of hydrogen-bond donors (Lipinski definition) is 1. The molecule has 0 aliphatic heterocycles. The standard InChI is InChI=1S/C17H15FN2O3S/c18-11-1-3-13(4-2-11)23-8-12-6-16(22)20-15(9-24-17(20)19-12)14-5-10(14)7-21/h1-4,6,9-10,14,21H,5,7-8H2. The van der Waals surface area contributed by atoms with Crippen LogP contribution < -0.4 is 10.3 Å². The van der Waals surface area contributed by atoms with Gasteiger partial charge in [-0.1, -0.05) is 0 Å². The van der Waals surface area contributed by atoms with E-state index >= 15 is 0 Å². The summed E-state index contributed by atoms with van der Waals surface area (Å²) in [6.07, 6.45) is 0.907. The molecule has 1 aromatic carbocycles. The highest BCUT2D eigenvalue weighted by molar-refractivity contribution is 7.15. The summed E-state index contributed by atoms with van der Waals surface area (Å²) in [6.45, 7) is 0.293. The highest BCUT2D eigenvalue weighted by atomic mass is 32.1. The molecule has 1 N–H and O–H groups in total. The minimum absolute atomic E-state index is 0.141. The third-order valence-corrected chi connectivity index (χ3v) is 5.07. The predicted octanol–water partition coefficient (Wildman–Crippen LogP) is 2.57. The van der Waals surface area contributed by atoms with Crippen molar-refractivity contribution in [3.05, 3.63) is 63.3 Å². The van der Waals surface area contributed by atoms with Gasteiger partial charge < -0.3 is 9.84 Å². The van der Waals surface area contributed by atoms with E-state index in [0.717, 1.165) is 12.1 Å². The van der Waals surface area contributed by atoms with Crippen LogP contribution in [-0.2, 0) is 6.61 Å². The number of aliphatic hydroxyl groups is 1. The normalized spacial score (nSPS) is 19.6. The largest absolute Gasteiger partial charge is 0.487 e. The topological polar surface area (TPSA) is 63.8 Å². The summed E-state index contributed by atoms with van der Waals surface area (Å²) in [7, 11) is 0. The minimum atomic E-state index is -0.326. The summed E-state index contributed by atoms with van der Waals surface area (Å²) in [4.78, 5) is 17.5. The summed E-state index contributed by atoms with van der Waals surface area (Å²) in [5, 5.41) is 11.2. The number of nitrogens with zero attached hydrogens (tertiary/aromatic N) is 2. The Morgan fingerprint density at radius 2 is 2.17 bits per heavy atom. The minimum Gasteiger partial charge on any atom is -0.487 e. The number of thiazole rings is 1. The van der Waals surface area contributed by atoms with Gasteiger partial charge in [0.25, 0.3) is 5.56 Å². The Balaban J connectivity index is 1.57. The van der Waals surface area contributed by atoms with Crippen molar-refractivity contribution in [2.75, 3.05) is 6.61 Å². The van der Waals surface area contributed by atoms with Crippen molar-refractivity contribution in [3.63, 3.8) is 0 Å². The Kier molecular flexibility index (Phi) is 3.82. The summed E-state index contributed by atoms with van der Waals surface area (Å²) in [6, 6.07) is 7.17. The molecule has 0 saturated heterocycles. The predicted molar refractivity (Wildman–Crippen MR) is 88.0 cm³/mol. The molecule has 1 aliphatic carbocycles. The molecule has 1 fully saturated rings. The molecular weight excluding hydrogens is 331 g/mol. The quantitative estimate of drug-likeness (QED) is 0.771. The lowest BCUT2D eigenvalue weighted by Gasteiger charge is -2.06. The third-order valence-electron chi connectivity index (χ3n) is 4.22. The lowest BCUT2D eigenvalue weighted by molar-refractivity contribution is 0.273. The van der Waals surface area contributed by atoms with Gasteiger partial charge in [-0.2, -0.15) is 0 Å². The SMILES string of the molecule is O=c1cc(COc2ccc(F)cc2)nc2scc(C3CC3CO)n12. The summed E-state index contributed by atoms with van der Waals surface area (Å²) in [5.41, 5.74) is 1.32. The Labute approximate surface area is 141 Å². The van der Waals surface area contributed by atoms with Gasteiger partial charge in [-0.25, -0.2) is 9.37 Å². The van der Waals surface area contributed by atoms with Gasteiger partial charge in [0.1, 0.15) is 18.2 Å². The van der Waals surface area contributed by atoms with Crippen LogP contribution in [0.15, 0.2) is 40.5 Å². The molecular formula is C17H15FN2O3S. The monoisotopic (exact) mass is 346 g/mol.